The Balaban J connectivity index is 0.00000363. The number of carbonyl (C=O) groups is 1. The molecule has 3 rings (SSSR count). The van der Waals surface area contributed by atoms with Gasteiger partial charge in [-0.25, -0.2) is 9.98 Å². The van der Waals surface area contributed by atoms with Gasteiger partial charge < -0.3 is 15.5 Å². The van der Waals surface area contributed by atoms with Crippen molar-refractivity contribution >= 4 is 47.2 Å². The second-order valence-corrected chi connectivity index (χ2v) is 8.42. The van der Waals surface area contributed by atoms with E-state index in [0.717, 1.165) is 34.3 Å². The minimum Gasteiger partial charge on any atom is -0.357 e. The number of aliphatic imine (C=N–C) groups is 1. The third-order valence-electron chi connectivity index (χ3n) is 4.70. The van der Waals surface area contributed by atoms with Gasteiger partial charge in [0.15, 0.2) is 5.96 Å². The van der Waals surface area contributed by atoms with Crippen molar-refractivity contribution in [2.24, 2.45) is 4.99 Å². The van der Waals surface area contributed by atoms with E-state index < -0.39 is 0 Å². The average Bonchev–Trinajstić information content (AvgIpc) is 3.16. The van der Waals surface area contributed by atoms with Crippen molar-refractivity contribution in [2.45, 2.75) is 26.9 Å². The van der Waals surface area contributed by atoms with Crippen LogP contribution in [0.3, 0.4) is 0 Å². The Morgan fingerprint density at radius 3 is 2.38 bits per heavy atom. The lowest BCUT2D eigenvalue weighted by Gasteiger charge is -2.12. The fraction of sp³-hybridized carbons (Fsp3) is 0.292. The summed E-state index contributed by atoms with van der Waals surface area (Å²) in [5.41, 5.74) is 3.90. The van der Waals surface area contributed by atoms with Gasteiger partial charge in [-0.1, -0.05) is 42.5 Å². The lowest BCUT2D eigenvalue weighted by molar-refractivity contribution is 0.0827. The minimum atomic E-state index is -0.000134. The molecule has 6 nitrogen and oxygen atoms in total. The summed E-state index contributed by atoms with van der Waals surface area (Å²) >= 11 is 1.70. The molecule has 0 spiro atoms. The maximum Gasteiger partial charge on any atom is 0.253 e. The van der Waals surface area contributed by atoms with Gasteiger partial charge in [-0.2, -0.15) is 0 Å². The number of aryl methyl sites for hydroxylation is 1. The van der Waals surface area contributed by atoms with Gasteiger partial charge >= 0.3 is 0 Å². The van der Waals surface area contributed by atoms with Crippen molar-refractivity contribution in [3.63, 3.8) is 0 Å². The summed E-state index contributed by atoms with van der Waals surface area (Å²) in [5.74, 6) is 0.755. The fourth-order valence-electron chi connectivity index (χ4n) is 2.98. The molecule has 0 radical (unpaired) electrons. The van der Waals surface area contributed by atoms with E-state index >= 15 is 0 Å². The van der Waals surface area contributed by atoms with Gasteiger partial charge in [0.1, 0.15) is 5.01 Å². The molecule has 8 heteroatoms. The van der Waals surface area contributed by atoms with Gasteiger partial charge in [-0.05, 0) is 31.5 Å². The van der Waals surface area contributed by atoms with E-state index in [0.29, 0.717) is 18.7 Å². The van der Waals surface area contributed by atoms with E-state index in [2.05, 4.69) is 27.8 Å². The summed E-state index contributed by atoms with van der Waals surface area (Å²) in [7, 11) is 3.51. The second kappa shape index (κ2) is 12.5. The lowest BCUT2D eigenvalue weighted by atomic mass is 10.1. The van der Waals surface area contributed by atoms with Crippen molar-refractivity contribution in [2.75, 3.05) is 20.6 Å². The predicted molar refractivity (Wildman–Crippen MR) is 144 cm³/mol. The summed E-state index contributed by atoms with van der Waals surface area (Å²) in [5, 5.41) is 7.73. The number of amides is 1. The molecule has 0 bridgehead atoms. The average molecular weight is 564 g/mol. The van der Waals surface area contributed by atoms with Crippen LogP contribution in [0.4, 0.5) is 0 Å². The molecule has 2 N–H and O–H groups in total. The highest BCUT2D eigenvalue weighted by atomic mass is 127. The van der Waals surface area contributed by atoms with Gasteiger partial charge in [-0.3, -0.25) is 4.79 Å². The zero-order chi connectivity index (χ0) is 22.2. The molecule has 0 atom stereocenters. The molecule has 0 saturated heterocycles. The number of guanidine groups is 1. The zero-order valence-corrected chi connectivity index (χ0v) is 22.0. The molecule has 3 aromatic rings. The number of thiazole rings is 1. The van der Waals surface area contributed by atoms with Crippen LogP contribution in [0.15, 0.2) is 59.6 Å². The maximum atomic E-state index is 12.0. The molecule has 0 aliphatic heterocycles. The predicted octanol–water partition coefficient (Wildman–Crippen LogP) is 4.69. The first-order valence-electron chi connectivity index (χ1n) is 10.3. The Labute approximate surface area is 211 Å². The number of rotatable bonds is 7. The topological polar surface area (TPSA) is 69.6 Å². The van der Waals surface area contributed by atoms with Gasteiger partial charge in [0.25, 0.3) is 5.91 Å². The maximum absolute atomic E-state index is 12.0. The zero-order valence-electron chi connectivity index (χ0n) is 18.9. The second-order valence-electron chi connectivity index (χ2n) is 7.34. The van der Waals surface area contributed by atoms with Crippen molar-refractivity contribution < 1.29 is 4.79 Å². The third-order valence-corrected chi connectivity index (χ3v) is 5.91. The van der Waals surface area contributed by atoms with Gasteiger partial charge in [0, 0.05) is 36.6 Å². The quantitative estimate of drug-likeness (QED) is 0.249. The van der Waals surface area contributed by atoms with Crippen molar-refractivity contribution in [1.29, 1.82) is 0 Å². The number of hydrogen-bond acceptors (Lipinski definition) is 4. The number of hydrogen-bond donors (Lipinski definition) is 2. The molecule has 0 aliphatic carbocycles. The molecule has 1 heterocycles. The van der Waals surface area contributed by atoms with Crippen LogP contribution >= 0.6 is 35.3 Å². The largest absolute Gasteiger partial charge is 0.357 e. The number of nitrogens with one attached hydrogen (secondary N) is 2. The van der Waals surface area contributed by atoms with Gasteiger partial charge in [0.2, 0.25) is 0 Å². The molecule has 0 aliphatic rings. The Morgan fingerprint density at radius 2 is 1.75 bits per heavy atom. The van der Waals surface area contributed by atoms with E-state index in [-0.39, 0.29) is 29.9 Å². The highest BCUT2D eigenvalue weighted by Gasteiger charge is 2.10. The molecule has 1 aromatic heterocycles. The van der Waals surface area contributed by atoms with Gasteiger partial charge in [-0.15, -0.1) is 35.3 Å². The standard InChI is InChI=1S/C24H29N5OS.HI/c1-5-25-24(26-15-18-11-13-20(14-12-18)23(30)29(3)4)27-16-21-17(2)28-22(31-21)19-9-7-6-8-10-19;/h6-14H,5,15-16H2,1-4H3,(H2,25,26,27);1H. The summed E-state index contributed by atoms with van der Waals surface area (Å²) in [4.78, 5) is 24.2. The molecule has 0 saturated carbocycles. The molecular formula is C24H30IN5OS. The van der Waals surface area contributed by atoms with Crippen molar-refractivity contribution in [1.82, 2.24) is 20.5 Å². The third kappa shape index (κ3) is 7.03. The molecule has 32 heavy (non-hydrogen) atoms. The van der Waals surface area contributed by atoms with E-state index in [4.69, 9.17) is 4.98 Å². The normalized spacial score (nSPS) is 10.9. The highest BCUT2D eigenvalue weighted by molar-refractivity contribution is 14.0. The van der Waals surface area contributed by atoms with E-state index in [9.17, 15) is 4.79 Å². The molecule has 0 fully saturated rings. The monoisotopic (exact) mass is 563 g/mol. The Bertz CT molecular complexity index is 1030. The van der Waals surface area contributed by atoms with Crippen LogP contribution in [0.5, 0.6) is 0 Å². The first-order valence-corrected chi connectivity index (χ1v) is 11.1. The number of aromatic nitrogens is 1. The number of halogens is 1. The summed E-state index contributed by atoms with van der Waals surface area (Å²) in [6, 6.07) is 17.8. The summed E-state index contributed by atoms with van der Waals surface area (Å²) < 4.78 is 0. The summed E-state index contributed by atoms with van der Waals surface area (Å²) in [6.07, 6.45) is 0. The lowest BCUT2D eigenvalue weighted by Crippen LogP contribution is -2.36. The van der Waals surface area contributed by atoms with Crippen molar-refractivity contribution in [3.05, 3.63) is 76.3 Å². The van der Waals surface area contributed by atoms with Crippen LogP contribution < -0.4 is 10.6 Å². The van der Waals surface area contributed by atoms with Crippen LogP contribution in [0.25, 0.3) is 10.6 Å². The van der Waals surface area contributed by atoms with E-state index in [1.165, 1.54) is 4.88 Å². The van der Waals surface area contributed by atoms with E-state index in [1.807, 2.05) is 56.3 Å². The van der Waals surface area contributed by atoms with Crippen LogP contribution in [0.1, 0.15) is 33.4 Å². The molecule has 0 unspecified atom stereocenters. The fourth-order valence-corrected chi connectivity index (χ4v) is 3.99. The summed E-state index contributed by atoms with van der Waals surface area (Å²) in [6.45, 7) is 6.06. The van der Waals surface area contributed by atoms with Crippen molar-refractivity contribution in [3.8, 4) is 10.6 Å². The molecule has 170 valence electrons. The van der Waals surface area contributed by atoms with Crippen LogP contribution in [0.2, 0.25) is 0 Å². The SMILES string of the molecule is CCNC(=NCc1ccc(C(=O)N(C)C)cc1)NCc1sc(-c2ccccc2)nc1C.I. The molecule has 1 amide bonds. The number of benzene rings is 2. The molecular weight excluding hydrogens is 533 g/mol. The molecule has 2 aromatic carbocycles. The van der Waals surface area contributed by atoms with E-state index in [1.54, 1.807) is 30.3 Å². The Morgan fingerprint density at radius 1 is 1.06 bits per heavy atom. The minimum absolute atomic E-state index is 0. The number of nitrogens with zero attached hydrogens (tertiary/aromatic N) is 3. The Hall–Kier alpha value is -2.46. The van der Waals surface area contributed by atoms with Crippen LogP contribution in [-0.4, -0.2) is 42.4 Å². The first-order chi connectivity index (χ1) is 15.0. The van der Waals surface area contributed by atoms with Crippen LogP contribution in [-0.2, 0) is 13.1 Å². The van der Waals surface area contributed by atoms with Gasteiger partial charge in [0.05, 0.1) is 18.8 Å². The highest BCUT2D eigenvalue weighted by Crippen LogP contribution is 2.27. The Kier molecular flexibility index (Phi) is 10.1. The number of carbonyl (C=O) groups excluding carboxylic acids is 1. The van der Waals surface area contributed by atoms with Crippen LogP contribution in [0, 0.1) is 6.92 Å². The first kappa shape index (κ1) is 25.8. The smallest absolute Gasteiger partial charge is 0.253 e.